The van der Waals surface area contributed by atoms with Gasteiger partial charge < -0.3 is 10.1 Å². The highest BCUT2D eigenvalue weighted by Gasteiger charge is 2.20. The number of hydrogen-bond donors (Lipinski definition) is 1. The second-order valence-corrected chi connectivity index (χ2v) is 5.01. The van der Waals surface area contributed by atoms with E-state index in [0.717, 1.165) is 31.1 Å². The van der Waals surface area contributed by atoms with Crippen LogP contribution in [0.15, 0.2) is 0 Å². The molecule has 3 heteroatoms. The summed E-state index contributed by atoms with van der Waals surface area (Å²) < 4.78 is 5.31. The third-order valence-corrected chi connectivity index (χ3v) is 3.94. The van der Waals surface area contributed by atoms with Gasteiger partial charge >= 0.3 is 0 Å². The van der Waals surface area contributed by atoms with E-state index in [-0.39, 0.29) is 0 Å². The van der Waals surface area contributed by atoms with Crippen LogP contribution < -0.4 is 5.32 Å². The lowest BCUT2D eigenvalue weighted by Crippen LogP contribution is -2.36. The fourth-order valence-corrected chi connectivity index (χ4v) is 2.85. The van der Waals surface area contributed by atoms with Gasteiger partial charge in [-0.05, 0) is 32.4 Å². The zero-order chi connectivity index (χ0) is 10.2. The summed E-state index contributed by atoms with van der Waals surface area (Å²) in [5.41, 5.74) is 0. The predicted molar refractivity (Wildman–Crippen MR) is 64.1 cm³/mol. The van der Waals surface area contributed by atoms with Gasteiger partial charge in [-0.15, -0.1) is 0 Å². The summed E-state index contributed by atoms with van der Waals surface area (Å²) in [5.74, 6) is 0. The molecule has 2 unspecified atom stereocenters. The third kappa shape index (κ3) is 4.67. The number of thioether (sulfide) groups is 1. The number of hydrogen-bond acceptors (Lipinski definition) is 3. The summed E-state index contributed by atoms with van der Waals surface area (Å²) in [6, 6.07) is 0.738. The van der Waals surface area contributed by atoms with Gasteiger partial charge in [-0.1, -0.05) is 6.42 Å². The molecule has 2 atom stereocenters. The van der Waals surface area contributed by atoms with Crippen LogP contribution in [0.25, 0.3) is 0 Å². The molecule has 0 spiro atoms. The molecule has 0 aliphatic heterocycles. The minimum absolute atomic E-state index is 0.738. The highest BCUT2D eigenvalue weighted by Crippen LogP contribution is 2.26. The van der Waals surface area contributed by atoms with Crippen molar-refractivity contribution in [3.05, 3.63) is 0 Å². The van der Waals surface area contributed by atoms with Gasteiger partial charge in [0.25, 0.3) is 0 Å². The molecule has 0 saturated heterocycles. The van der Waals surface area contributed by atoms with Crippen LogP contribution in [0, 0.1) is 0 Å². The van der Waals surface area contributed by atoms with Gasteiger partial charge in [-0.2, -0.15) is 11.8 Å². The first-order valence-corrected chi connectivity index (χ1v) is 6.99. The Morgan fingerprint density at radius 1 is 1.43 bits per heavy atom. The Labute approximate surface area is 92.2 Å². The Morgan fingerprint density at radius 3 is 3.00 bits per heavy atom. The lowest BCUT2D eigenvalue weighted by molar-refractivity contribution is 0.145. The molecule has 0 aromatic rings. The van der Waals surface area contributed by atoms with E-state index in [1.165, 1.54) is 25.7 Å². The SMILES string of the molecule is CCOCCNC1CCCC(SC)C1. The van der Waals surface area contributed by atoms with Gasteiger partial charge in [0.1, 0.15) is 0 Å². The van der Waals surface area contributed by atoms with Gasteiger partial charge in [0.2, 0.25) is 0 Å². The molecule has 1 aliphatic rings. The van der Waals surface area contributed by atoms with E-state index in [0.29, 0.717) is 0 Å². The second kappa shape index (κ2) is 7.55. The Morgan fingerprint density at radius 2 is 2.29 bits per heavy atom. The van der Waals surface area contributed by atoms with Crippen molar-refractivity contribution in [2.45, 2.75) is 43.9 Å². The molecule has 1 rings (SSSR count). The minimum atomic E-state index is 0.738. The Balaban J connectivity index is 2.05. The van der Waals surface area contributed by atoms with E-state index in [1.807, 2.05) is 18.7 Å². The van der Waals surface area contributed by atoms with E-state index in [4.69, 9.17) is 4.74 Å². The largest absolute Gasteiger partial charge is 0.380 e. The molecule has 1 N–H and O–H groups in total. The van der Waals surface area contributed by atoms with Crippen molar-refractivity contribution in [2.24, 2.45) is 0 Å². The topological polar surface area (TPSA) is 21.3 Å². The molecule has 84 valence electrons. The van der Waals surface area contributed by atoms with Crippen molar-refractivity contribution in [1.82, 2.24) is 5.32 Å². The Kier molecular flexibility index (Phi) is 6.65. The summed E-state index contributed by atoms with van der Waals surface area (Å²) in [4.78, 5) is 0. The third-order valence-electron chi connectivity index (χ3n) is 2.84. The fraction of sp³-hybridized carbons (Fsp3) is 1.00. The van der Waals surface area contributed by atoms with Crippen molar-refractivity contribution in [1.29, 1.82) is 0 Å². The van der Waals surface area contributed by atoms with Crippen LogP contribution in [0.3, 0.4) is 0 Å². The van der Waals surface area contributed by atoms with Crippen LogP contribution >= 0.6 is 11.8 Å². The first-order valence-electron chi connectivity index (χ1n) is 5.70. The molecule has 0 bridgehead atoms. The highest BCUT2D eigenvalue weighted by molar-refractivity contribution is 7.99. The van der Waals surface area contributed by atoms with E-state index in [2.05, 4.69) is 11.6 Å². The molecular weight excluding hydrogens is 194 g/mol. The number of rotatable bonds is 6. The summed E-state index contributed by atoms with van der Waals surface area (Å²) >= 11 is 2.02. The summed E-state index contributed by atoms with van der Waals surface area (Å²) in [6.45, 7) is 4.75. The maximum absolute atomic E-state index is 5.31. The molecule has 2 nitrogen and oxygen atoms in total. The zero-order valence-electron chi connectivity index (χ0n) is 9.42. The maximum atomic E-state index is 5.31. The quantitative estimate of drug-likeness (QED) is 0.690. The lowest BCUT2D eigenvalue weighted by atomic mass is 9.95. The molecule has 1 aliphatic carbocycles. The maximum Gasteiger partial charge on any atom is 0.0590 e. The summed E-state index contributed by atoms with van der Waals surface area (Å²) in [7, 11) is 0. The first kappa shape index (κ1) is 12.3. The fourth-order valence-electron chi connectivity index (χ4n) is 2.02. The van der Waals surface area contributed by atoms with Crippen molar-refractivity contribution in [2.75, 3.05) is 26.0 Å². The molecule has 0 aromatic heterocycles. The highest BCUT2D eigenvalue weighted by atomic mass is 32.2. The van der Waals surface area contributed by atoms with Crippen LogP contribution in [0.4, 0.5) is 0 Å². The van der Waals surface area contributed by atoms with Crippen molar-refractivity contribution < 1.29 is 4.74 Å². The van der Waals surface area contributed by atoms with E-state index >= 15 is 0 Å². The smallest absolute Gasteiger partial charge is 0.0590 e. The van der Waals surface area contributed by atoms with E-state index in [9.17, 15) is 0 Å². The van der Waals surface area contributed by atoms with E-state index in [1.54, 1.807) is 0 Å². The van der Waals surface area contributed by atoms with Gasteiger partial charge in [0.15, 0.2) is 0 Å². The molecule has 1 fully saturated rings. The number of ether oxygens (including phenoxy) is 1. The summed E-state index contributed by atoms with van der Waals surface area (Å²) in [5, 5.41) is 4.47. The van der Waals surface area contributed by atoms with Gasteiger partial charge in [-0.3, -0.25) is 0 Å². The van der Waals surface area contributed by atoms with Gasteiger partial charge in [-0.25, -0.2) is 0 Å². The summed E-state index contributed by atoms with van der Waals surface area (Å²) in [6.07, 6.45) is 7.71. The van der Waals surface area contributed by atoms with Gasteiger partial charge in [0, 0.05) is 24.4 Å². The van der Waals surface area contributed by atoms with Crippen molar-refractivity contribution >= 4 is 11.8 Å². The predicted octanol–water partition coefficient (Wildman–Crippen LogP) is 2.29. The molecule has 1 saturated carbocycles. The normalized spacial score (nSPS) is 27.9. The lowest BCUT2D eigenvalue weighted by Gasteiger charge is -2.28. The van der Waals surface area contributed by atoms with Gasteiger partial charge in [0.05, 0.1) is 6.61 Å². The van der Waals surface area contributed by atoms with Crippen LogP contribution in [-0.4, -0.2) is 37.3 Å². The molecular formula is C11H23NOS. The first-order chi connectivity index (χ1) is 6.86. The molecule has 0 aromatic carbocycles. The molecule has 0 radical (unpaired) electrons. The molecule has 14 heavy (non-hydrogen) atoms. The average molecular weight is 217 g/mol. The number of nitrogens with one attached hydrogen (secondary N) is 1. The van der Waals surface area contributed by atoms with Crippen LogP contribution in [0.5, 0.6) is 0 Å². The van der Waals surface area contributed by atoms with Crippen molar-refractivity contribution in [3.63, 3.8) is 0 Å². The standard InChI is InChI=1S/C11H23NOS/c1-3-13-8-7-12-10-5-4-6-11(9-10)14-2/h10-12H,3-9H2,1-2H3. The average Bonchev–Trinajstić information content (AvgIpc) is 2.25. The zero-order valence-corrected chi connectivity index (χ0v) is 10.2. The molecule has 0 amide bonds. The second-order valence-electron chi connectivity index (χ2n) is 3.87. The molecule has 0 heterocycles. The Hall–Kier alpha value is 0.270. The van der Waals surface area contributed by atoms with Crippen LogP contribution in [0.1, 0.15) is 32.6 Å². The van der Waals surface area contributed by atoms with Crippen LogP contribution in [-0.2, 0) is 4.74 Å². The van der Waals surface area contributed by atoms with Crippen molar-refractivity contribution in [3.8, 4) is 0 Å². The minimum Gasteiger partial charge on any atom is -0.380 e. The Bertz CT molecular complexity index is 143. The van der Waals surface area contributed by atoms with E-state index < -0.39 is 0 Å². The van der Waals surface area contributed by atoms with Crippen LogP contribution in [0.2, 0.25) is 0 Å². The monoisotopic (exact) mass is 217 g/mol.